The Morgan fingerprint density at radius 3 is 2.81 bits per heavy atom. The number of hydrogen-bond acceptors (Lipinski definition) is 6. The first-order valence-corrected chi connectivity index (χ1v) is 6.47. The summed E-state index contributed by atoms with van der Waals surface area (Å²) < 4.78 is 4.77. The highest BCUT2D eigenvalue weighted by atomic mass is 16.6. The highest BCUT2D eigenvalue weighted by Crippen LogP contribution is 2.25. The van der Waals surface area contributed by atoms with E-state index in [1.807, 2.05) is 0 Å². The molecule has 0 aromatic heterocycles. The zero-order valence-electron chi connectivity index (χ0n) is 12.0. The topological polar surface area (TPSA) is 114 Å². The highest BCUT2D eigenvalue weighted by Gasteiger charge is 2.18. The van der Waals surface area contributed by atoms with Crippen LogP contribution >= 0.6 is 0 Å². The van der Waals surface area contributed by atoms with E-state index < -0.39 is 11.0 Å². The van der Waals surface area contributed by atoms with E-state index in [1.54, 1.807) is 6.92 Å². The van der Waals surface area contributed by atoms with Crippen LogP contribution in [0.15, 0.2) is 18.2 Å². The van der Waals surface area contributed by atoms with Crippen LogP contribution in [-0.2, 0) is 4.74 Å². The summed E-state index contributed by atoms with van der Waals surface area (Å²) in [6.07, 6.45) is -0.780. The SMILES string of the molecule is CCNC(=O)c1ccc(NCC(O)COC)c([N+](=O)[O-])c1. The quantitative estimate of drug-likeness (QED) is 0.482. The molecule has 0 bridgehead atoms. The Bertz CT molecular complexity index is 507. The van der Waals surface area contributed by atoms with Crippen molar-refractivity contribution in [2.75, 3.05) is 32.1 Å². The van der Waals surface area contributed by atoms with Crippen LogP contribution in [0.4, 0.5) is 11.4 Å². The molecule has 21 heavy (non-hydrogen) atoms. The van der Waals surface area contributed by atoms with Crippen LogP contribution < -0.4 is 10.6 Å². The number of carbonyl (C=O) groups is 1. The molecule has 1 amide bonds. The lowest BCUT2D eigenvalue weighted by Gasteiger charge is -2.12. The number of amides is 1. The van der Waals surface area contributed by atoms with E-state index in [1.165, 1.54) is 25.3 Å². The van der Waals surface area contributed by atoms with E-state index in [4.69, 9.17) is 4.74 Å². The van der Waals surface area contributed by atoms with Crippen molar-refractivity contribution in [3.63, 3.8) is 0 Å². The van der Waals surface area contributed by atoms with E-state index in [0.29, 0.717) is 6.54 Å². The van der Waals surface area contributed by atoms with Gasteiger partial charge in [0, 0.05) is 31.8 Å². The number of nitrogens with zero attached hydrogens (tertiary/aromatic N) is 1. The fraction of sp³-hybridized carbons (Fsp3) is 0.462. The molecule has 116 valence electrons. The Kier molecular flexibility index (Phi) is 6.57. The van der Waals surface area contributed by atoms with Crippen molar-refractivity contribution in [2.24, 2.45) is 0 Å². The lowest BCUT2D eigenvalue weighted by atomic mass is 10.1. The Labute approximate surface area is 122 Å². The molecule has 0 saturated heterocycles. The standard InChI is InChI=1S/C13H19N3O5/c1-3-14-13(18)9-4-5-11(12(6-9)16(19)20)15-7-10(17)8-21-2/h4-6,10,15,17H,3,7-8H2,1-2H3,(H,14,18). The van der Waals surface area contributed by atoms with Gasteiger partial charge in [0.05, 0.1) is 17.6 Å². The highest BCUT2D eigenvalue weighted by molar-refractivity contribution is 5.95. The van der Waals surface area contributed by atoms with Gasteiger partial charge < -0.3 is 20.5 Å². The van der Waals surface area contributed by atoms with Gasteiger partial charge in [0.2, 0.25) is 0 Å². The Hall–Kier alpha value is -2.19. The second-order valence-corrected chi connectivity index (χ2v) is 4.34. The number of ether oxygens (including phenoxy) is 1. The molecule has 3 N–H and O–H groups in total. The Morgan fingerprint density at radius 2 is 2.24 bits per heavy atom. The summed E-state index contributed by atoms with van der Waals surface area (Å²) in [5.74, 6) is -0.369. The number of benzene rings is 1. The maximum atomic E-state index is 11.7. The first-order chi connectivity index (χ1) is 9.99. The molecule has 0 aliphatic carbocycles. The van der Waals surface area contributed by atoms with Crippen LogP contribution in [0.1, 0.15) is 17.3 Å². The van der Waals surface area contributed by atoms with E-state index in [0.717, 1.165) is 0 Å². The average molecular weight is 297 g/mol. The zero-order chi connectivity index (χ0) is 15.8. The minimum Gasteiger partial charge on any atom is -0.389 e. The minimum absolute atomic E-state index is 0.106. The van der Waals surface area contributed by atoms with E-state index in [-0.39, 0.29) is 36.0 Å². The summed E-state index contributed by atoms with van der Waals surface area (Å²) in [6.45, 7) is 2.43. The smallest absolute Gasteiger partial charge is 0.293 e. The minimum atomic E-state index is -0.780. The summed E-state index contributed by atoms with van der Waals surface area (Å²) in [5, 5.41) is 26.0. The number of carbonyl (C=O) groups excluding carboxylic acids is 1. The zero-order valence-corrected chi connectivity index (χ0v) is 12.0. The van der Waals surface area contributed by atoms with E-state index in [2.05, 4.69) is 10.6 Å². The number of methoxy groups -OCH3 is 1. The number of rotatable bonds is 8. The van der Waals surface area contributed by atoms with E-state index >= 15 is 0 Å². The molecular formula is C13H19N3O5. The number of aliphatic hydroxyl groups excluding tert-OH is 1. The maximum absolute atomic E-state index is 11.7. The first-order valence-electron chi connectivity index (χ1n) is 6.47. The van der Waals surface area contributed by atoms with Crippen molar-refractivity contribution in [1.29, 1.82) is 0 Å². The van der Waals surface area contributed by atoms with Gasteiger partial charge in [0.25, 0.3) is 11.6 Å². The molecule has 8 heteroatoms. The number of anilines is 1. The first kappa shape index (κ1) is 16.9. The van der Waals surface area contributed by atoms with Gasteiger partial charge in [-0.05, 0) is 19.1 Å². The molecule has 0 fully saturated rings. The monoisotopic (exact) mass is 297 g/mol. The van der Waals surface area contributed by atoms with Gasteiger partial charge in [0.1, 0.15) is 5.69 Å². The van der Waals surface area contributed by atoms with Gasteiger partial charge >= 0.3 is 0 Å². The molecular weight excluding hydrogens is 278 g/mol. The molecule has 0 aliphatic heterocycles. The third-order valence-electron chi connectivity index (χ3n) is 2.68. The van der Waals surface area contributed by atoms with E-state index in [9.17, 15) is 20.0 Å². The summed E-state index contributed by atoms with van der Waals surface area (Å²) >= 11 is 0. The molecule has 0 aliphatic rings. The molecule has 1 rings (SSSR count). The van der Waals surface area contributed by atoms with Crippen molar-refractivity contribution < 1.29 is 19.6 Å². The number of aliphatic hydroxyl groups is 1. The number of nitro benzene ring substituents is 1. The average Bonchev–Trinajstić information content (AvgIpc) is 2.45. The van der Waals surface area contributed by atoms with Gasteiger partial charge in [-0.15, -0.1) is 0 Å². The second-order valence-electron chi connectivity index (χ2n) is 4.34. The number of nitro groups is 1. The van der Waals surface area contributed by atoms with Gasteiger partial charge in [-0.25, -0.2) is 0 Å². The summed E-state index contributed by atoms with van der Waals surface area (Å²) in [5.41, 5.74) is 0.234. The van der Waals surface area contributed by atoms with Crippen molar-refractivity contribution in [1.82, 2.24) is 5.32 Å². The molecule has 0 heterocycles. The molecule has 1 aromatic carbocycles. The van der Waals surface area contributed by atoms with Gasteiger partial charge in [0.15, 0.2) is 0 Å². The lowest BCUT2D eigenvalue weighted by Crippen LogP contribution is -2.25. The predicted molar refractivity (Wildman–Crippen MR) is 77.5 cm³/mol. The molecule has 0 spiro atoms. The van der Waals surface area contributed by atoms with Crippen LogP contribution in [0.25, 0.3) is 0 Å². The summed E-state index contributed by atoms with van der Waals surface area (Å²) in [6, 6.07) is 4.14. The second kappa shape index (κ2) is 8.18. The Morgan fingerprint density at radius 1 is 1.52 bits per heavy atom. The molecule has 1 atom stereocenters. The van der Waals surface area contributed by atoms with Crippen molar-refractivity contribution in [3.8, 4) is 0 Å². The van der Waals surface area contributed by atoms with Gasteiger partial charge in [-0.2, -0.15) is 0 Å². The van der Waals surface area contributed by atoms with Crippen molar-refractivity contribution in [2.45, 2.75) is 13.0 Å². The maximum Gasteiger partial charge on any atom is 0.293 e. The normalized spacial score (nSPS) is 11.8. The van der Waals surface area contributed by atoms with Crippen molar-refractivity contribution >= 4 is 17.3 Å². The summed E-state index contributed by atoms with van der Waals surface area (Å²) in [4.78, 5) is 22.2. The lowest BCUT2D eigenvalue weighted by molar-refractivity contribution is -0.384. The third-order valence-corrected chi connectivity index (χ3v) is 2.68. The molecule has 8 nitrogen and oxygen atoms in total. The van der Waals surface area contributed by atoms with Crippen LogP contribution in [0.2, 0.25) is 0 Å². The van der Waals surface area contributed by atoms with Gasteiger partial charge in [-0.3, -0.25) is 14.9 Å². The van der Waals surface area contributed by atoms with Crippen LogP contribution in [0, 0.1) is 10.1 Å². The van der Waals surface area contributed by atoms with Crippen LogP contribution in [-0.4, -0.2) is 48.8 Å². The largest absolute Gasteiger partial charge is 0.389 e. The van der Waals surface area contributed by atoms with Crippen LogP contribution in [0.5, 0.6) is 0 Å². The number of hydrogen-bond donors (Lipinski definition) is 3. The summed E-state index contributed by atoms with van der Waals surface area (Å²) in [7, 11) is 1.45. The third kappa shape index (κ3) is 5.01. The van der Waals surface area contributed by atoms with Crippen LogP contribution in [0.3, 0.4) is 0 Å². The predicted octanol–water partition coefficient (Wildman–Crippen LogP) is 0.764. The fourth-order valence-electron chi connectivity index (χ4n) is 1.72. The molecule has 1 aromatic rings. The molecule has 0 radical (unpaired) electrons. The fourth-order valence-corrected chi connectivity index (χ4v) is 1.72. The Balaban J connectivity index is 2.89. The molecule has 1 unspecified atom stereocenters. The van der Waals surface area contributed by atoms with Crippen molar-refractivity contribution in [3.05, 3.63) is 33.9 Å². The molecule has 0 saturated carbocycles. The van der Waals surface area contributed by atoms with Gasteiger partial charge in [-0.1, -0.05) is 0 Å². The number of nitrogens with one attached hydrogen (secondary N) is 2.